The number of hydrogen-bond acceptors (Lipinski definition) is 6. The SMILES string of the molecule is CNC(=O)c1ccc(C2Nc3ccccc3-c3c(CN=O)nnc4[nH]cc2c34)cc1. The standard InChI is InChI=1S/C22H18N6O2/c1-23-22(29)13-8-6-12(7-9-13)20-15-10-24-21-19(15)18(17(11-25-30)27-28-21)14-4-2-3-5-16(14)26-20/h2-10,20,26H,11H2,1H3,(H,23,29)(H,24,28). The topological polar surface area (TPSA) is 112 Å². The lowest BCUT2D eigenvalue weighted by atomic mass is 9.95. The Balaban J connectivity index is 1.75. The molecule has 0 aliphatic carbocycles. The van der Waals surface area contributed by atoms with Crippen molar-refractivity contribution in [2.45, 2.75) is 12.6 Å². The van der Waals surface area contributed by atoms with Gasteiger partial charge in [-0.15, -0.1) is 5.10 Å². The summed E-state index contributed by atoms with van der Waals surface area (Å²) in [6.45, 7) is -0.0529. The molecule has 0 spiro atoms. The summed E-state index contributed by atoms with van der Waals surface area (Å²) >= 11 is 0. The summed E-state index contributed by atoms with van der Waals surface area (Å²) in [6.07, 6.45) is 1.91. The minimum absolute atomic E-state index is 0.0529. The van der Waals surface area contributed by atoms with Crippen LogP contribution in [-0.2, 0) is 6.54 Å². The number of nitroso groups, excluding NO2 is 1. The number of anilines is 1. The third-order valence-corrected chi connectivity index (χ3v) is 5.45. The van der Waals surface area contributed by atoms with Gasteiger partial charge in [-0.1, -0.05) is 35.5 Å². The van der Waals surface area contributed by atoms with Gasteiger partial charge in [-0.2, -0.15) is 10.0 Å². The molecule has 1 unspecified atom stereocenters. The van der Waals surface area contributed by atoms with E-state index >= 15 is 0 Å². The van der Waals surface area contributed by atoms with Gasteiger partial charge in [0.15, 0.2) is 5.65 Å². The van der Waals surface area contributed by atoms with Gasteiger partial charge in [-0.3, -0.25) is 4.79 Å². The van der Waals surface area contributed by atoms with E-state index in [9.17, 15) is 9.70 Å². The van der Waals surface area contributed by atoms with Gasteiger partial charge in [-0.05, 0) is 23.8 Å². The molecule has 5 rings (SSSR count). The highest BCUT2D eigenvalue weighted by atomic mass is 16.3. The van der Waals surface area contributed by atoms with Crippen LogP contribution in [-0.4, -0.2) is 28.1 Å². The summed E-state index contributed by atoms with van der Waals surface area (Å²) < 4.78 is 0. The van der Waals surface area contributed by atoms with Crippen molar-refractivity contribution in [1.82, 2.24) is 20.5 Å². The Morgan fingerprint density at radius 2 is 1.93 bits per heavy atom. The molecule has 1 aliphatic rings. The number of H-pyrrole nitrogens is 1. The smallest absolute Gasteiger partial charge is 0.251 e. The average molecular weight is 398 g/mol. The van der Waals surface area contributed by atoms with Gasteiger partial charge in [0.05, 0.1) is 11.7 Å². The van der Waals surface area contributed by atoms with E-state index in [1.54, 1.807) is 7.05 Å². The number of hydrogen-bond donors (Lipinski definition) is 3. The first kappa shape index (κ1) is 18.0. The number of carbonyl (C=O) groups excluding carboxylic acids is 1. The normalized spacial score (nSPS) is 14.5. The van der Waals surface area contributed by atoms with E-state index in [0.717, 1.165) is 33.3 Å². The zero-order chi connectivity index (χ0) is 20.7. The monoisotopic (exact) mass is 398 g/mol. The molecule has 1 aliphatic heterocycles. The second kappa shape index (κ2) is 7.07. The fraction of sp³-hybridized carbons (Fsp3) is 0.136. The molecule has 8 heteroatoms. The molecule has 2 aromatic heterocycles. The fourth-order valence-electron chi connectivity index (χ4n) is 4.06. The van der Waals surface area contributed by atoms with Crippen LogP contribution < -0.4 is 10.6 Å². The predicted octanol–water partition coefficient (Wildman–Crippen LogP) is 3.77. The van der Waals surface area contributed by atoms with Crippen molar-refractivity contribution in [2.75, 3.05) is 12.4 Å². The second-order valence-electron chi connectivity index (χ2n) is 7.10. The molecule has 2 aromatic carbocycles. The van der Waals surface area contributed by atoms with Crippen molar-refractivity contribution in [3.05, 3.63) is 82.0 Å². The van der Waals surface area contributed by atoms with Crippen molar-refractivity contribution >= 4 is 22.6 Å². The number of aromatic amines is 1. The lowest BCUT2D eigenvalue weighted by Crippen LogP contribution is -2.18. The van der Waals surface area contributed by atoms with E-state index in [0.29, 0.717) is 16.9 Å². The first-order chi connectivity index (χ1) is 14.7. The van der Waals surface area contributed by atoms with Crippen LogP contribution in [0.3, 0.4) is 0 Å². The molecule has 1 amide bonds. The summed E-state index contributed by atoms with van der Waals surface area (Å²) in [6, 6.07) is 15.2. The molecule has 30 heavy (non-hydrogen) atoms. The minimum atomic E-state index is -0.180. The molecule has 4 aromatic rings. The van der Waals surface area contributed by atoms with Crippen LogP contribution in [0.15, 0.2) is 59.9 Å². The van der Waals surface area contributed by atoms with Gasteiger partial charge >= 0.3 is 0 Å². The Morgan fingerprint density at radius 3 is 2.70 bits per heavy atom. The van der Waals surface area contributed by atoms with Crippen LogP contribution in [0.5, 0.6) is 0 Å². The number of para-hydroxylation sites is 1. The van der Waals surface area contributed by atoms with Crippen molar-refractivity contribution in [1.29, 1.82) is 0 Å². The zero-order valence-electron chi connectivity index (χ0n) is 16.1. The van der Waals surface area contributed by atoms with Crippen LogP contribution in [0.1, 0.15) is 33.2 Å². The molecule has 0 fully saturated rings. The Bertz CT molecular complexity index is 1280. The zero-order valence-corrected chi connectivity index (χ0v) is 16.1. The molecule has 0 saturated heterocycles. The Hall–Kier alpha value is -4.07. The predicted molar refractivity (Wildman–Crippen MR) is 114 cm³/mol. The van der Waals surface area contributed by atoms with Gasteiger partial charge < -0.3 is 15.6 Å². The molecule has 3 N–H and O–H groups in total. The average Bonchev–Trinajstić information content (AvgIpc) is 3.15. The summed E-state index contributed by atoms with van der Waals surface area (Å²) in [4.78, 5) is 26.2. The van der Waals surface area contributed by atoms with Crippen molar-refractivity contribution < 1.29 is 4.79 Å². The van der Waals surface area contributed by atoms with E-state index in [-0.39, 0.29) is 18.5 Å². The highest BCUT2D eigenvalue weighted by Gasteiger charge is 2.28. The van der Waals surface area contributed by atoms with Gasteiger partial charge in [-0.25, -0.2) is 0 Å². The van der Waals surface area contributed by atoms with E-state index in [1.165, 1.54) is 0 Å². The van der Waals surface area contributed by atoms with Crippen molar-refractivity contribution in [2.24, 2.45) is 5.18 Å². The summed E-state index contributed by atoms with van der Waals surface area (Å²) in [5.41, 5.74) is 6.52. The fourth-order valence-corrected chi connectivity index (χ4v) is 4.06. The number of carbonyl (C=O) groups is 1. The van der Waals surface area contributed by atoms with Crippen LogP contribution in [0.2, 0.25) is 0 Å². The van der Waals surface area contributed by atoms with Gasteiger partial charge in [0.25, 0.3) is 5.91 Å². The highest BCUT2D eigenvalue weighted by Crippen LogP contribution is 2.44. The van der Waals surface area contributed by atoms with Crippen molar-refractivity contribution in [3.63, 3.8) is 0 Å². The molecule has 8 nitrogen and oxygen atoms in total. The second-order valence-corrected chi connectivity index (χ2v) is 7.10. The quantitative estimate of drug-likeness (QED) is 0.453. The first-order valence-electron chi connectivity index (χ1n) is 9.55. The summed E-state index contributed by atoms with van der Waals surface area (Å²) in [5.74, 6) is -0.128. The van der Waals surface area contributed by atoms with Crippen LogP contribution in [0.25, 0.3) is 22.2 Å². The minimum Gasteiger partial charge on any atom is -0.374 e. The van der Waals surface area contributed by atoms with E-state index < -0.39 is 0 Å². The van der Waals surface area contributed by atoms with Gasteiger partial charge in [0, 0.05) is 46.6 Å². The van der Waals surface area contributed by atoms with E-state index in [4.69, 9.17) is 0 Å². The number of nitrogens with zero attached hydrogens (tertiary/aromatic N) is 3. The molecule has 1 atom stereocenters. The van der Waals surface area contributed by atoms with Crippen LogP contribution in [0, 0.1) is 4.91 Å². The highest BCUT2D eigenvalue weighted by molar-refractivity contribution is 6.02. The summed E-state index contributed by atoms with van der Waals surface area (Å²) in [5, 5.41) is 18.7. The Labute approximate surface area is 171 Å². The van der Waals surface area contributed by atoms with E-state index in [2.05, 4.69) is 31.0 Å². The molecular formula is C22H18N6O2. The molecule has 0 saturated carbocycles. The van der Waals surface area contributed by atoms with Gasteiger partial charge in [0.1, 0.15) is 6.54 Å². The van der Waals surface area contributed by atoms with Crippen molar-refractivity contribution in [3.8, 4) is 11.1 Å². The Kier molecular flexibility index (Phi) is 4.24. The third kappa shape index (κ3) is 2.73. The molecular weight excluding hydrogens is 380 g/mol. The summed E-state index contributed by atoms with van der Waals surface area (Å²) in [7, 11) is 1.61. The number of fused-ring (bicyclic) bond motifs is 2. The number of rotatable bonds is 4. The first-order valence-corrected chi connectivity index (χ1v) is 9.55. The lowest BCUT2D eigenvalue weighted by molar-refractivity contribution is 0.0963. The number of amides is 1. The molecule has 148 valence electrons. The third-order valence-electron chi connectivity index (χ3n) is 5.45. The van der Waals surface area contributed by atoms with E-state index in [1.807, 2.05) is 54.7 Å². The molecule has 0 radical (unpaired) electrons. The maximum atomic E-state index is 11.9. The number of nitrogens with one attached hydrogen (secondary N) is 3. The van der Waals surface area contributed by atoms with Crippen LogP contribution in [0.4, 0.5) is 5.69 Å². The maximum Gasteiger partial charge on any atom is 0.251 e. The Morgan fingerprint density at radius 1 is 1.13 bits per heavy atom. The number of benzene rings is 2. The maximum absolute atomic E-state index is 11.9. The number of aromatic nitrogens is 3. The molecule has 0 bridgehead atoms. The lowest BCUT2D eigenvalue weighted by Gasteiger charge is -2.19. The largest absolute Gasteiger partial charge is 0.374 e. The van der Waals surface area contributed by atoms with Gasteiger partial charge in [0.2, 0.25) is 0 Å². The molecule has 3 heterocycles. The van der Waals surface area contributed by atoms with Crippen LogP contribution >= 0.6 is 0 Å².